The van der Waals surface area contributed by atoms with Crippen LogP contribution in [0.4, 0.5) is 0 Å². The van der Waals surface area contributed by atoms with Crippen LogP contribution in [0.25, 0.3) is 10.9 Å². The standard InChI is InChI=1S/C14H17BrN2O.ClH/c15-10-1-2-13-11(7-10)12(8-17-13)14(16)9-3-5-18-6-4-9;/h1-2,7-9,14,17H,3-6,16H2;1H/t14-;/m0./s1. The van der Waals surface area contributed by atoms with Crippen LogP contribution in [0.5, 0.6) is 0 Å². The molecule has 0 bridgehead atoms. The van der Waals surface area contributed by atoms with Crippen molar-refractivity contribution in [2.45, 2.75) is 18.9 Å². The summed E-state index contributed by atoms with van der Waals surface area (Å²) in [5.74, 6) is 0.525. The average molecular weight is 346 g/mol. The highest BCUT2D eigenvalue weighted by Crippen LogP contribution is 2.33. The second-order valence-corrected chi connectivity index (χ2v) is 5.83. The molecule has 1 aromatic carbocycles. The van der Waals surface area contributed by atoms with Crippen molar-refractivity contribution in [1.29, 1.82) is 0 Å². The summed E-state index contributed by atoms with van der Waals surface area (Å²) in [6.45, 7) is 1.68. The summed E-state index contributed by atoms with van der Waals surface area (Å²) >= 11 is 3.52. The van der Waals surface area contributed by atoms with Gasteiger partial charge >= 0.3 is 0 Å². The molecule has 1 aliphatic rings. The Kier molecular flexibility index (Phi) is 4.90. The van der Waals surface area contributed by atoms with Gasteiger partial charge in [-0.3, -0.25) is 0 Å². The zero-order chi connectivity index (χ0) is 12.5. The van der Waals surface area contributed by atoms with Crippen molar-refractivity contribution < 1.29 is 4.74 Å². The van der Waals surface area contributed by atoms with Crippen LogP contribution in [0.15, 0.2) is 28.9 Å². The summed E-state index contributed by atoms with van der Waals surface area (Å²) in [6.07, 6.45) is 4.17. The summed E-state index contributed by atoms with van der Waals surface area (Å²) in [7, 11) is 0. The normalized spacial score (nSPS) is 18.2. The van der Waals surface area contributed by atoms with Crippen LogP contribution in [0.3, 0.4) is 0 Å². The summed E-state index contributed by atoms with van der Waals surface area (Å²) in [6, 6.07) is 6.36. The second kappa shape index (κ2) is 6.27. The van der Waals surface area contributed by atoms with Crippen molar-refractivity contribution in [3.05, 3.63) is 34.4 Å². The number of hydrogen-bond donors (Lipinski definition) is 2. The number of H-pyrrole nitrogens is 1. The van der Waals surface area contributed by atoms with Gasteiger partial charge in [0, 0.05) is 40.8 Å². The molecule has 1 atom stereocenters. The molecule has 1 fully saturated rings. The molecule has 1 saturated heterocycles. The Balaban J connectivity index is 0.00000133. The maximum atomic E-state index is 6.44. The number of benzene rings is 1. The second-order valence-electron chi connectivity index (χ2n) is 4.91. The first kappa shape index (κ1) is 14.9. The summed E-state index contributed by atoms with van der Waals surface area (Å²) in [4.78, 5) is 3.30. The summed E-state index contributed by atoms with van der Waals surface area (Å²) < 4.78 is 6.50. The minimum Gasteiger partial charge on any atom is -0.381 e. The van der Waals surface area contributed by atoms with E-state index in [1.807, 2.05) is 6.07 Å². The number of aromatic amines is 1. The minimum absolute atomic E-state index is 0. The molecule has 0 aliphatic carbocycles. The number of fused-ring (bicyclic) bond motifs is 1. The zero-order valence-electron chi connectivity index (χ0n) is 10.6. The third kappa shape index (κ3) is 2.97. The first-order valence-electron chi connectivity index (χ1n) is 6.35. The van der Waals surface area contributed by atoms with Gasteiger partial charge in [0.2, 0.25) is 0 Å². The van der Waals surface area contributed by atoms with E-state index in [1.165, 1.54) is 10.9 Å². The number of halogens is 2. The molecule has 3 N–H and O–H groups in total. The molecule has 2 aromatic rings. The van der Waals surface area contributed by atoms with Gasteiger partial charge in [0.15, 0.2) is 0 Å². The fraction of sp³-hybridized carbons (Fsp3) is 0.429. The Morgan fingerprint density at radius 2 is 2.05 bits per heavy atom. The molecule has 1 aliphatic heterocycles. The molecule has 2 heterocycles. The molecular formula is C14H18BrClN2O. The third-order valence-electron chi connectivity index (χ3n) is 3.81. The molecule has 0 spiro atoms. The van der Waals surface area contributed by atoms with Crippen molar-refractivity contribution in [2.75, 3.05) is 13.2 Å². The first-order chi connectivity index (χ1) is 8.75. The maximum Gasteiger partial charge on any atom is 0.0469 e. The number of aromatic nitrogens is 1. The summed E-state index contributed by atoms with van der Waals surface area (Å²) in [5.41, 5.74) is 8.81. The van der Waals surface area contributed by atoms with Gasteiger partial charge in [-0.15, -0.1) is 12.4 Å². The van der Waals surface area contributed by atoms with Gasteiger partial charge in [-0.1, -0.05) is 15.9 Å². The van der Waals surface area contributed by atoms with Crippen molar-refractivity contribution in [1.82, 2.24) is 4.98 Å². The quantitative estimate of drug-likeness (QED) is 0.870. The Hall–Kier alpha value is -0.550. The van der Waals surface area contributed by atoms with Crippen molar-refractivity contribution in [2.24, 2.45) is 11.7 Å². The number of ether oxygens (including phenoxy) is 1. The van der Waals surface area contributed by atoms with E-state index in [1.54, 1.807) is 0 Å². The highest BCUT2D eigenvalue weighted by Gasteiger charge is 2.24. The third-order valence-corrected chi connectivity index (χ3v) is 4.30. The van der Waals surface area contributed by atoms with E-state index >= 15 is 0 Å². The van der Waals surface area contributed by atoms with Crippen LogP contribution in [-0.4, -0.2) is 18.2 Å². The van der Waals surface area contributed by atoms with Crippen molar-refractivity contribution in [3.63, 3.8) is 0 Å². The molecule has 0 radical (unpaired) electrons. The highest BCUT2D eigenvalue weighted by atomic mass is 79.9. The lowest BCUT2D eigenvalue weighted by Gasteiger charge is -2.27. The van der Waals surface area contributed by atoms with Crippen LogP contribution in [0.1, 0.15) is 24.4 Å². The number of nitrogens with two attached hydrogens (primary N) is 1. The molecule has 1 aromatic heterocycles. The molecule has 104 valence electrons. The first-order valence-corrected chi connectivity index (χ1v) is 7.15. The SMILES string of the molecule is Cl.N[C@H](c1c[nH]c2ccc(Br)cc12)C1CCOCC1. The minimum atomic E-state index is 0. The van der Waals surface area contributed by atoms with E-state index < -0.39 is 0 Å². The molecule has 0 unspecified atom stereocenters. The fourth-order valence-electron chi connectivity index (χ4n) is 2.72. The zero-order valence-corrected chi connectivity index (χ0v) is 13.0. The van der Waals surface area contributed by atoms with Crippen LogP contribution in [-0.2, 0) is 4.74 Å². The molecule has 0 saturated carbocycles. The largest absolute Gasteiger partial charge is 0.381 e. The van der Waals surface area contributed by atoms with E-state index in [-0.39, 0.29) is 18.4 Å². The molecule has 3 rings (SSSR count). The smallest absolute Gasteiger partial charge is 0.0469 e. The number of nitrogens with one attached hydrogen (secondary N) is 1. The van der Waals surface area contributed by atoms with E-state index in [0.29, 0.717) is 5.92 Å². The monoisotopic (exact) mass is 344 g/mol. The topological polar surface area (TPSA) is 51.0 Å². The molecular weight excluding hydrogens is 328 g/mol. The van der Waals surface area contributed by atoms with Crippen molar-refractivity contribution in [3.8, 4) is 0 Å². The van der Waals surface area contributed by atoms with E-state index in [0.717, 1.165) is 36.0 Å². The highest BCUT2D eigenvalue weighted by molar-refractivity contribution is 9.10. The number of hydrogen-bond acceptors (Lipinski definition) is 2. The number of rotatable bonds is 2. The van der Waals surface area contributed by atoms with E-state index in [4.69, 9.17) is 10.5 Å². The van der Waals surface area contributed by atoms with E-state index in [2.05, 4.69) is 39.2 Å². The van der Waals surface area contributed by atoms with Crippen LogP contribution < -0.4 is 5.73 Å². The fourth-order valence-corrected chi connectivity index (χ4v) is 3.08. The molecule has 3 nitrogen and oxygen atoms in total. The van der Waals surface area contributed by atoms with Gasteiger partial charge in [0.25, 0.3) is 0 Å². The maximum absolute atomic E-state index is 6.44. The van der Waals surface area contributed by atoms with Crippen LogP contribution in [0.2, 0.25) is 0 Å². The van der Waals surface area contributed by atoms with E-state index in [9.17, 15) is 0 Å². The molecule has 19 heavy (non-hydrogen) atoms. The van der Waals surface area contributed by atoms with Crippen LogP contribution in [0, 0.1) is 5.92 Å². The van der Waals surface area contributed by atoms with Crippen LogP contribution >= 0.6 is 28.3 Å². The Morgan fingerprint density at radius 3 is 2.79 bits per heavy atom. The average Bonchev–Trinajstić information content (AvgIpc) is 2.82. The lowest BCUT2D eigenvalue weighted by molar-refractivity contribution is 0.0585. The lowest BCUT2D eigenvalue weighted by atomic mass is 9.88. The van der Waals surface area contributed by atoms with Gasteiger partial charge in [0.1, 0.15) is 0 Å². The Bertz CT molecular complexity index is 551. The lowest BCUT2D eigenvalue weighted by Crippen LogP contribution is -2.27. The van der Waals surface area contributed by atoms with Gasteiger partial charge in [-0.25, -0.2) is 0 Å². The summed E-state index contributed by atoms with van der Waals surface area (Å²) in [5, 5.41) is 1.23. The Morgan fingerprint density at radius 1 is 1.32 bits per heavy atom. The van der Waals surface area contributed by atoms with Gasteiger partial charge in [-0.2, -0.15) is 0 Å². The van der Waals surface area contributed by atoms with Gasteiger partial charge < -0.3 is 15.5 Å². The predicted octanol–water partition coefficient (Wildman–Crippen LogP) is 3.78. The molecule has 5 heteroatoms. The van der Waals surface area contributed by atoms with Gasteiger partial charge in [0.05, 0.1) is 0 Å². The molecule has 0 amide bonds. The predicted molar refractivity (Wildman–Crippen MR) is 83.7 cm³/mol. The van der Waals surface area contributed by atoms with Gasteiger partial charge in [-0.05, 0) is 42.5 Å². The van der Waals surface area contributed by atoms with Crippen molar-refractivity contribution >= 4 is 39.2 Å². The Labute approximate surface area is 127 Å².